The lowest BCUT2D eigenvalue weighted by molar-refractivity contribution is 0.481. The molecule has 0 bridgehead atoms. The van der Waals surface area contributed by atoms with Gasteiger partial charge in [-0.05, 0) is 31.2 Å². The molecule has 0 N–H and O–H groups in total. The number of anilines is 2. The first kappa shape index (κ1) is 17.8. The number of aromatic nitrogens is 8. The Balaban J connectivity index is 1.35. The molecular formula is C19H24N10. The maximum atomic E-state index is 4.80. The van der Waals surface area contributed by atoms with Crippen LogP contribution in [0.1, 0.15) is 32.4 Å². The van der Waals surface area contributed by atoms with Crippen molar-refractivity contribution in [3.63, 3.8) is 0 Å². The predicted octanol–water partition coefficient (Wildman–Crippen LogP) is 1.49. The lowest BCUT2D eigenvalue weighted by Gasteiger charge is -2.44. The van der Waals surface area contributed by atoms with Crippen molar-refractivity contribution in [2.75, 3.05) is 29.9 Å². The van der Waals surface area contributed by atoms with Gasteiger partial charge in [0.25, 0.3) is 0 Å². The maximum absolute atomic E-state index is 4.80. The molecular weight excluding hydrogens is 368 g/mol. The van der Waals surface area contributed by atoms with Crippen molar-refractivity contribution in [2.45, 2.75) is 39.2 Å². The Morgan fingerprint density at radius 1 is 0.897 bits per heavy atom. The van der Waals surface area contributed by atoms with Gasteiger partial charge in [0.15, 0.2) is 22.9 Å². The van der Waals surface area contributed by atoms with Crippen molar-refractivity contribution in [1.29, 1.82) is 0 Å². The summed E-state index contributed by atoms with van der Waals surface area (Å²) in [5.74, 6) is 3.49. The van der Waals surface area contributed by atoms with Gasteiger partial charge in [-0.3, -0.25) is 0 Å². The Labute approximate surface area is 168 Å². The topological polar surface area (TPSA) is 92.6 Å². The number of hydrogen-bond acceptors (Lipinski definition) is 8. The zero-order valence-corrected chi connectivity index (χ0v) is 17.3. The third-order valence-corrected chi connectivity index (χ3v) is 5.42. The van der Waals surface area contributed by atoms with Gasteiger partial charge in [0, 0.05) is 25.6 Å². The molecule has 5 heterocycles. The molecule has 0 unspecified atom stereocenters. The molecule has 150 valence electrons. The Kier molecular flexibility index (Phi) is 3.74. The monoisotopic (exact) mass is 392 g/mol. The van der Waals surface area contributed by atoms with Crippen LogP contribution in [0.25, 0.3) is 11.3 Å². The van der Waals surface area contributed by atoms with E-state index in [-0.39, 0.29) is 5.41 Å². The van der Waals surface area contributed by atoms with E-state index in [0.29, 0.717) is 6.04 Å². The summed E-state index contributed by atoms with van der Waals surface area (Å²) in [6, 6.07) is 8.29. The van der Waals surface area contributed by atoms with E-state index in [1.165, 1.54) is 0 Å². The standard InChI is InChI=1S/C19H24N10/c1-12-20-21-14-6-8-16(24-28(12)14)26(5)13-10-27(11-13)17-9-7-15-22-23-18(19(2,3)4)29(15)25-17/h6-9,13H,10-11H2,1-5H3. The third kappa shape index (κ3) is 2.86. The normalized spacial score (nSPS) is 15.3. The molecule has 1 aliphatic heterocycles. The molecule has 4 aromatic rings. The molecule has 29 heavy (non-hydrogen) atoms. The Morgan fingerprint density at radius 2 is 1.59 bits per heavy atom. The Hall–Kier alpha value is -3.30. The maximum Gasteiger partial charge on any atom is 0.178 e. The quantitative estimate of drug-likeness (QED) is 0.518. The van der Waals surface area contributed by atoms with Crippen molar-refractivity contribution in [3.8, 4) is 0 Å². The van der Waals surface area contributed by atoms with Crippen LogP contribution in [-0.4, -0.2) is 65.8 Å². The average molecular weight is 392 g/mol. The first-order valence-electron chi connectivity index (χ1n) is 9.71. The third-order valence-electron chi connectivity index (χ3n) is 5.42. The molecule has 1 fully saturated rings. The van der Waals surface area contributed by atoms with Crippen molar-refractivity contribution in [1.82, 2.24) is 39.6 Å². The summed E-state index contributed by atoms with van der Waals surface area (Å²) in [5.41, 5.74) is 1.42. The molecule has 0 spiro atoms. The van der Waals surface area contributed by atoms with Crippen molar-refractivity contribution < 1.29 is 0 Å². The van der Waals surface area contributed by atoms with Gasteiger partial charge in [-0.25, -0.2) is 0 Å². The minimum Gasteiger partial charge on any atom is -0.352 e. The van der Waals surface area contributed by atoms with Crippen LogP contribution in [-0.2, 0) is 5.41 Å². The predicted molar refractivity (Wildman–Crippen MR) is 109 cm³/mol. The van der Waals surface area contributed by atoms with Crippen LogP contribution in [0.15, 0.2) is 24.3 Å². The van der Waals surface area contributed by atoms with E-state index >= 15 is 0 Å². The lowest BCUT2D eigenvalue weighted by Crippen LogP contribution is -2.59. The van der Waals surface area contributed by atoms with Crippen LogP contribution in [0.5, 0.6) is 0 Å². The SMILES string of the molecule is Cc1nnc2ccc(N(C)C3CN(c4ccc5nnc(C(C)(C)C)n5n4)C3)nn12. The highest BCUT2D eigenvalue weighted by molar-refractivity contribution is 5.52. The molecule has 10 nitrogen and oxygen atoms in total. The average Bonchev–Trinajstić information content (AvgIpc) is 3.23. The van der Waals surface area contributed by atoms with Gasteiger partial charge < -0.3 is 9.80 Å². The smallest absolute Gasteiger partial charge is 0.178 e. The van der Waals surface area contributed by atoms with Crippen molar-refractivity contribution >= 4 is 22.9 Å². The molecule has 10 heteroatoms. The zero-order valence-electron chi connectivity index (χ0n) is 17.3. The number of likely N-dealkylation sites (N-methyl/N-ethyl adjacent to an activating group) is 1. The van der Waals surface area contributed by atoms with Gasteiger partial charge >= 0.3 is 0 Å². The molecule has 0 aliphatic carbocycles. The van der Waals surface area contributed by atoms with Crippen LogP contribution in [0.2, 0.25) is 0 Å². The molecule has 0 amide bonds. The molecule has 0 atom stereocenters. The fourth-order valence-corrected chi connectivity index (χ4v) is 3.56. The molecule has 1 saturated heterocycles. The minimum absolute atomic E-state index is 0.118. The molecule has 5 rings (SSSR count). The van der Waals surface area contributed by atoms with Crippen LogP contribution in [0, 0.1) is 6.92 Å². The van der Waals surface area contributed by atoms with Crippen LogP contribution in [0.4, 0.5) is 11.6 Å². The van der Waals surface area contributed by atoms with Crippen molar-refractivity contribution in [3.05, 3.63) is 35.9 Å². The highest BCUT2D eigenvalue weighted by Gasteiger charge is 2.32. The summed E-state index contributed by atoms with van der Waals surface area (Å²) in [5, 5.41) is 26.2. The zero-order chi connectivity index (χ0) is 20.3. The molecule has 0 saturated carbocycles. The molecule has 0 aromatic carbocycles. The second-order valence-corrected chi connectivity index (χ2v) is 8.61. The number of aryl methyl sites for hydroxylation is 1. The summed E-state index contributed by atoms with van der Waals surface area (Å²) >= 11 is 0. The van der Waals surface area contributed by atoms with Gasteiger partial charge in [0.1, 0.15) is 11.6 Å². The number of hydrogen-bond donors (Lipinski definition) is 0. The summed E-state index contributed by atoms with van der Waals surface area (Å²) in [6.45, 7) is 10.0. The van der Waals surface area contributed by atoms with Gasteiger partial charge in [0.05, 0.1) is 6.04 Å². The highest BCUT2D eigenvalue weighted by Crippen LogP contribution is 2.26. The summed E-state index contributed by atoms with van der Waals surface area (Å²) in [4.78, 5) is 4.46. The van der Waals surface area contributed by atoms with Gasteiger partial charge in [-0.2, -0.15) is 9.03 Å². The molecule has 1 aliphatic rings. The molecule has 4 aromatic heterocycles. The fraction of sp³-hybridized carbons (Fsp3) is 0.474. The first-order valence-corrected chi connectivity index (χ1v) is 9.71. The largest absolute Gasteiger partial charge is 0.352 e. The summed E-state index contributed by atoms with van der Waals surface area (Å²) in [6.07, 6.45) is 0. The van der Waals surface area contributed by atoms with Crippen LogP contribution in [0.3, 0.4) is 0 Å². The van der Waals surface area contributed by atoms with Gasteiger partial charge in [0.2, 0.25) is 0 Å². The lowest BCUT2D eigenvalue weighted by atomic mass is 9.96. The van der Waals surface area contributed by atoms with E-state index < -0.39 is 0 Å². The Bertz CT molecular complexity index is 1190. The summed E-state index contributed by atoms with van der Waals surface area (Å²) < 4.78 is 3.63. The Morgan fingerprint density at radius 3 is 2.34 bits per heavy atom. The van der Waals surface area contributed by atoms with Crippen molar-refractivity contribution in [2.24, 2.45) is 0 Å². The van der Waals surface area contributed by atoms with E-state index in [2.05, 4.69) is 63.1 Å². The van der Waals surface area contributed by atoms with Crippen LogP contribution >= 0.6 is 0 Å². The highest BCUT2D eigenvalue weighted by atomic mass is 15.4. The van der Waals surface area contributed by atoms with Crippen LogP contribution < -0.4 is 9.80 Å². The van der Waals surface area contributed by atoms with Gasteiger partial charge in [-0.15, -0.1) is 30.6 Å². The minimum atomic E-state index is -0.118. The number of fused-ring (bicyclic) bond motifs is 2. The number of nitrogens with zero attached hydrogens (tertiary/aromatic N) is 10. The number of rotatable bonds is 3. The van der Waals surface area contributed by atoms with E-state index in [0.717, 1.165) is 47.7 Å². The van der Waals surface area contributed by atoms with Gasteiger partial charge in [-0.1, -0.05) is 20.8 Å². The first-order chi connectivity index (χ1) is 13.8. The summed E-state index contributed by atoms with van der Waals surface area (Å²) in [7, 11) is 2.07. The fourth-order valence-electron chi connectivity index (χ4n) is 3.56. The molecule has 0 radical (unpaired) electrons. The second kappa shape index (κ2) is 6.10. The van der Waals surface area contributed by atoms with E-state index in [1.807, 2.05) is 35.7 Å². The van der Waals surface area contributed by atoms with E-state index in [4.69, 9.17) is 5.10 Å². The van der Waals surface area contributed by atoms with E-state index in [1.54, 1.807) is 4.52 Å². The van der Waals surface area contributed by atoms with E-state index in [9.17, 15) is 0 Å². The second-order valence-electron chi connectivity index (χ2n) is 8.61.